The van der Waals surface area contributed by atoms with Gasteiger partial charge in [0.2, 0.25) is 5.89 Å². The average molecular weight is 366 g/mol. The van der Waals surface area contributed by atoms with Crippen molar-refractivity contribution in [2.45, 2.75) is 6.61 Å². The first kappa shape index (κ1) is 12.3. The molecule has 0 fully saturated rings. The Morgan fingerprint density at radius 2 is 2.11 bits per heavy atom. The highest BCUT2D eigenvalue weighted by Crippen LogP contribution is 2.20. The Morgan fingerprint density at radius 1 is 1.21 bits per heavy atom. The van der Waals surface area contributed by atoms with Crippen LogP contribution >= 0.6 is 22.6 Å². The summed E-state index contributed by atoms with van der Waals surface area (Å²) in [5.41, 5.74) is 7.84. The van der Waals surface area contributed by atoms with Crippen LogP contribution in [-0.2, 0) is 6.61 Å². The molecule has 0 saturated heterocycles. The van der Waals surface area contributed by atoms with Crippen LogP contribution in [0.25, 0.3) is 11.1 Å². The summed E-state index contributed by atoms with van der Waals surface area (Å²) in [6.07, 6.45) is 0. The minimum atomic E-state index is 0.300. The molecule has 3 rings (SSSR count). The summed E-state index contributed by atoms with van der Waals surface area (Å²) in [6.45, 7) is 0.300. The van der Waals surface area contributed by atoms with E-state index in [1.165, 1.54) is 0 Å². The summed E-state index contributed by atoms with van der Waals surface area (Å²) in [6, 6.07) is 13.2. The molecule has 0 unspecified atom stereocenters. The van der Waals surface area contributed by atoms with Gasteiger partial charge in [-0.1, -0.05) is 6.07 Å². The number of rotatable bonds is 3. The number of hydrogen-bond acceptors (Lipinski definition) is 4. The second-order valence-corrected chi connectivity index (χ2v) is 5.33. The van der Waals surface area contributed by atoms with Crippen molar-refractivity contribution in [2.75, 3.05) is 5.73 Å². The molecule has 0 aliphatic carbocycles. The maximum Gasteiger partial charge on any atom is 0.233 e. The van der Waals surface area contributed by atoms with Crippen LogP contribution in [0.2, 0.25) is 0 Å². The molecule has 0 atom stereocenters. The number of ether oxygens (including phenoxy) is 1. The van der Waals surface area contributed by atoms with Gasteiger partial charge < -0.3 is 14.9 Å². The molecule has 0 aliphatic rings. The number of nitrogens with two attached hydrogens (primary N) is 1. The number of oxazole rings is 1. The van der Waals surface area contributed by atoms with Crippen molar-refractivity contribution in [3.05, 3.63) is 51.9 Å². The van der Waals surface area contributed by atoms with E-state index in [4.69, 9.17) is 14.9 Å². The van der Waals surface area contributed by atoms with E-state index in [0.717, 1.165) is 20.4 Å². The fraction of sp³-hybridized carbons (Fsp3) is 0.0714. The number of fused-ring (bicyclic) bond motifs is 1. The van der Waals surface area contributed by atoms with Crippen molar-refractivity contribution in [1.82, 2.24) is 4.98 Å². The number of aromatic nitrogens is 1. The number of hydrogen-bond donors (Lipinski definition) is 1. The Kier molecular flexibility index (Phi) is 3.29. The number of anilines is 1. The van der Waals surface area contributed by atoms with E-state index in [0.29, 0.717) is 18.2 Å². The lowest BCUT2D eigenvalue weighted by atomic mass is 10.3. The predicted molar refractivity (Wildman–Crippen MR) is 81.9 cm³/mol. The molecule has 3 aromatic rings. The van der Waals surface area contributed by atoms with E-state index in [9.17, 15) is 0 Å². The lowest BCUT2D eigenvalue weighted by Gasteiger charge is -2.03. The van der Waals surface area contributed by atoms with Crippen molar-refractivity contribution in [2.24, 2.45) is 0 Å². The zero-order valence-corrected chi connectivity index (χ0v) is 12.1. The zero-order valence-electron chi connectivity index (χ0n) is 9.97. The molecule has 0 saturated carbocycles. The molecule has 0 spiro atoms. The second kappa shape index (κ2) is 5.08. The van der Waals surface area contributed by atoms with Gasteiger partial charge in [-0.3, -0.25) is 0 Å². The molecule has 0 amide bonds. The Bertz CT molecular complexity index is 724. The lowest BCUT2D eigenvalue weighted by molar-refractivity contribution is 0.267. The molecular formula is C14H11IN2O2. The monoisotopic (exact) mass is 366 g/mol. The van der Waals surface area contributed by atoms with Crippen LogP contribution in [0.1, 0.15) is 5.89 Å². The van der Waals surface area contributed by atoms with Crippen molar-refractivity contribution in [1.29, 1.82) is 0 Å². The third-order valence-electron chi connectivity index (χ3n) is 2.61. The molecule has 2 N–H and O–H groups in total. The van der Waals surface area contributed by atoms with Gasteiger partial charge in [0.1, 0.15) is 11.3 Å². The molecule has 96 valence electrons. The van der Waals surface area contributed by atoms with Gasteiger partial charge in [0.15, 0.2) is 12.2 Å². The maximum absolute atomic E-state index is 5.70. The molecule has 0 radical (unpaired) electrons. The highest BCUT2D eigenvalue weighted by atomic mass is 127. The first-order valence-electron chi connectivity index (χ1n) is 5.74. The predicted octanol–water partition coefficient (Wildman–Crippen LogP) is 3.59. The van der Waals surface area contributed by atoms with Crippen LogP contribution in [0.15, 0.2) is 46.9 Å². The molecule has 0 aliphatic heterocycles. The van der Waals surface area contributed by atoms with Crippen LogP contribution in [0.5, 0.6) is 5.75 Å². The molecule has 2 aromatic carbocycles. The third-order valence-corrected chi connectivity index (χ3v) is 3.29. The van der Waals surface area contributed by atoms with Gasteiger partial charge in [-0.2, -0.15) is 0 Å². The fourth-order valence-corrected chi connectivity index (χ4v) is 2.27. The van der Waals surface area contributed by atoms with Gasteiger partial charge in [0.05, 0.1) is 0 Å². The normalized spacial score (nSPS) is 10.8. The second-order valence-electron chi connectivity index (χ2n) is 4.08. The van der Waals surface area contributed by atoms with Crippen molar-refractivity contribution >= 4 is 39.4 Å². The van der Waals surface area contributed by atoms with Crippen LogP contribution in [0.3, 0.4) is 0 Å². The molecule has 1 heterocycles. The molecule has 5 heteroatoms. The summed E-state index contributed by atoms with van der Waals surface area (Å²) < 4.78 is 12.3. The van der Waals surface area contributed by atoms with Crippen molar-refractivity contribution < 1.29 is 9.15 Å². The largest absolute Gasteiger partial charge is 0.484 e. The zero-order chi connectivity index (χ0) is 13.2. The van der Waals surface area contributed by atoms with E-state index >= 15 is 0 Å². The Hall–Kier alpha value is -1.76. The number of nitrogens with zero attached hydrogens (tertiary/aromatic N) is 1. The van der Waals surface area contributed by atoms with Crippen molar-refractivity contribution in [3.8, 4) is 5.75 Å². The first-order valence-corrected chi connectivity index (χ1v) is 6.82. The summed E-state index contributed by atoms with van der Waals surface area (Å²) >= 11 is 2.24. The van der Waals surface area contributed by atoms with Crippen LogP contribution in [0.4, 0.5) is 5.69 Å². The quantitative estimate of drug-likeness (QED) is 0.569. The van der Waals surface area contributed by atoms with Gasteiger partial charge in [-0.05, 0) is 59.0 Å². The van der Waals surface area contributed by atoms with Gasteiger partial charge in [0.25, 0.3) is 0 Å². The Morgan fingerprint density at radius 3 is 2.95 bits per heavy atom. The molecule has 19 heavy (non-hydrogen) atoms. The molecular weight excluding hydrogens is 355 g/mol. The SMILES string of the molecule is Nc1ccc2oc(COc3cccc(I)c3)nc2c1. The van der Waals surface area contributed by atoms with Crippen LogP contribution in [0, 0.1) is 3.57 Å². The Labute approximate surface area is 123 Å². The van der Waals surface area contributed by atoms with Gasteiger partial charge in [-0.25, -0.2) is 4.98 Å². The van der Waals surface area contributed by atoms with E-state index in [1.807, 2.05) is 30.3 Å². The summed E-state index contributed by atoms with van der Waals surface area (Å²) in [4.78, 5) is 4.34. The standard InChI is InChI=1S/C14H11IN2O2/c15-9-2-1-3-11(6-9)18-8-14-17-12-7-10(16)4-5-13(12)19-14/h1-7H,8,16H2. The maximum atomic E-state index is 5.70. The van der Waals surface area contributed by atoms with Gasteiger partial charge in [-0.15, -0.1) is 0 Å². The Balaban J connectivity index is 1.78. The first-order chi connectivity index (χ1) is 9.20. The third kappa shape index (κ3) is 2.81. The van der Waals surface area contributed by atoms with Crippen molar-refractivity contribution in [3.63, 3.8) is 0 Å². The molecule has 4 nitrogen and oxygen atoms in total. The topological polar surface area (TPSA) is 61.3 Å². The number of benzene rings is 2. The van der Waals surface area contributed by atoms with Crippen LogP contribution < -0.4 is 10.5 Å². The lowest BCUT2D eigenvalue weighted by Crippen LogP contribution is -1.95. The highest BCUT2D eigenvalue weighted by Gasteiger charge is 2.06. The fourth-order valence-electron chi connectivity index (χ4n) is 1.76. The van der Waals surface area contributed by atoms with E-state index in [2.05, 4.69) is 27.6 Å². The molecule has 0 bridgehead atoms. The molecule has 1 aromatic heterocycles. The van der Waals surface area contributed by atoms with E-state index in [-0.39, 0.29) is 0 Å². The number of halogens is 1. The summed E-state index contributed by atoms with van der Waals surface area (Å²) in [5, 5.41) is 0. The van der Waals surface area contributed by atoms with Gasteiger partial charge >= 0.3 is 0 Å². The minimum absolute atomic E-state index is 0.300. The summed E-state index contributed by atoms with van der Waals surface area (Å²) in [5.74, 6) is 1.34. The average Bonchev–Trinajstić information content (AvgIpc) is 2.78. The van der Waals surface area contributed by atoms with E-state index in [1.54, 1.807) is 12.1 Å². The van der Waals surface area contributed by atoms with E-state index < -0.39 is 0 Å². The van der Waals surface area contributed by atoms with Crippen LogP contribution in [-0.4, -0.2) is 4.98 Å². The summed E-state index contributed by atoms with van der Waals surface area (Å²) in [7, 11) is 0. The highest BCUT2D eigenvalue weighted by molar-refractivity contribution is 14.1. The number of nitrogen functional groups attached to an aromatic ring is 1. The minimum Gasteiger partial charge on any atom is -0.484 e. The van der Waals surface area contributed by atoms with Gasteiger partial charge in [0, 0.05) is 9.26 Å². The smallest absolute Gasteiger partial charge is 0.233 e.